The molecule has 1 aliphatic carbocycles. The Bertz CT molecular complexity index is 244. The lowest BCUT2D eigenvalue weighted by Crippen LogP contribution is -2.30. The number of hydrogen-bond acceptors (Lipinski definition) is 5. The fourth-order valence-electron chi connectivity index (χ4n) is 2.06. The molecule has 0 amide bonds. The van der Waals surface area contributed by atoms with Crippen LogP contribution in [0.3, 0.4) is 0 Å². The second kappa shape index (κ2) is 12.3. The summed E-state index contributed by atoms with van der Waals surface area (Å²) in [6.07, 6.45) is 7.40. The molecule has 0 saturated heterocycles. The summed E-state index contributed by atoms with van der Waals surface area (Å²) in [6, 6.07) is 0. The average Bonchev–Trinajstić information content (AvgIpc) is 2.44. The van der Waals surface area contributed by atoms with Gasteiger partial charge in [-0.15, -0.1) is 0 Å². The van der Waals surface area contributed by atoms with Gasteiger partial charge in [0.1, 0.15) is 0 Å². The van der Waals surface area contributed by atoms with Crippen LogP contribution in [-0.2, 0) is 18.9 Å². The van der Waals surface area contributed by atoms with E-state index in [2.05, 4.69) is 12.2 Å². The highest BCUT2D eigenvalue weighted by molar-refractivity contribution is 4.88. The Labute approximate surface area is 121 Å². The van der Waals surface area contributed by atoms with Crippen molar-refractivity contribution in [2.45, 2.75) is 37.9 Å². The lowest BCUT2D eigenvalue weighted by molar-refractivity contribution is -0.0659. The van der Waals surface area contributed by atoms with E-state index in [4.69, 9.17) is 18.9 Å². The van der Waals surface area contributed by atoms with Crippen LogP contribution in [0.15, 0.2) is 12.2 Å². The first-order chi connectivity index (χ1) is 9.84. The molecule has 0 bridgehead atoms. The van der Waals surface area contributed by atoms with E-state index in [0.717, 1.165) is 25.7 Å². The quantitative estimate of drug-likeness (QED) is 0.488. The number of hydrogen-bond donors (Lipinski definition) is 1. The summed E-state index contributed by atoms with van der Waals surface area (Å²) >= 11 is 0. The molecule has 0 heterocycles. The second-order valence-corrected chi connectivity index (χ2v) is 4.82. The summed E-state index contributed by atoms with van der Waals surface area (Å²) in [5, 5.41) is 9.97. The van der Waals surface area contributed by atoms with E-state index in [1.54, 1.807) is 7.11 Å². The zero-order chi connectivity index (χ0) is 14.5. The molecular formula is C15H28O5. The molecule has 0 fully saturated rings. The third-order valence-corrected chi connectivity index (χ3v) is 3.21. The molecular weight excluding hydrogens is 260 g/mol. The van der Waals surface area contributed by atoms with Gasteiger partial charge in [-0.2, -0.15) is 0 Å². The minimum atomic E-state index is -0.364. The van der Waals surface area contributed by atoms with Crippen molar-refractivity contribution in [1.29, 1.82) is 0 Å². The van der Waals surface area contributed by atoms with Crippen molar-refractivity contribution < 1.29 is 24.1 Å². The van der Waals surface area contributed by atoms with Crippen molar-refractivity contribution in [1.82, 2.24) is 0 Å². The van der Waals surface area contributed by atoms with Gasteiger partial charge >= 0.3 is 0 Å². The minimum Gasteiger partial charge on any atom is -0.390 e. The second-order valence-electron chi connectivity index (χ2n) is 4.82. The maximum atomic E-state index is 9.97. The molecule has 0 spiro atoms. The molecule has 1 aliphatic rings. The molecule has 5 nitrogen and oxygen atoms in total. The van der Waals surface area contributed by atoms with Gasteiger partial charge in [-0.1, -0.05) is 12.2 Å². The fraction of sp³-hybridized carbons (Fsp3) is 0.867. The van der Waals surface area contributed by atoms with Gasteiger partial charge in [0.2, 0.25) is 0 Å². The van der Waals surface area contributed by atoms with Crippen molar-refractivity contribution in [3.63, 3.8) is 0 Å². The first-order valence-corrected chi connectivity index (χ1v) is 7.43. The van der Waals surface area contributed by atoms with E-state index in [1.807, 2.05) is 0 Å². The van der Waals surface area contributed by atoms with Crippen molar-refractivity contribution in [3.05, 3.63) is 12.2 Å². The third kappa shape index (κ3) is 8.66. The molecule has 5 heteroatoms. The van der Waals surface area contributed by atoms with Crippen molar-refractivity contribution in [2.75, 3.05) is 46.8 Å². The van der Waals surface area contributed by atoms with Gasteiger partial charge in [0.15, 0.2) is 0 Å². The van der Waals surface area contributed by atoms with E-state index in [-0.39, 0.29) is 12.2 Å². The Morgan fingerprint density at radius 3 is 2.20 bits per heavy atom. The van der Waals surface area contributed by atoms with Crippen LogP contribution >= 0.6 is 0 Å². The number of allylic oxidation sites excluding steroid dienone is 2. The standard InChI is InChI=1S/C15H28O5/c1-17-8-9-18-10-11-19-12-13-20-15-7-5-3-2-4-6-14(15)16/h2-3,14-16H,4-13H2,1H3/b3-2-. The van der Waals surface area contributed by atoms with Gasteiger partial charge in [-0.05, 0) is 25.7 Å². The maximum absolute atomic E-state index is 9.97. The summed E-state index contributed by atoms with van der Waals surface area (Å²) in [7, 11) is 1.65. The number of aliphatic hydroxyl groups is 1. The molecule has 0 aromatic heterocycles. The van der Waals surface area contributed by atoms with Crippen LogP contribution in [0, 0.1) is 0 Å². The fourth-order valence-corrected chi connectivity index (χ4v) is 2.06. The molecule has 20 heavy (non-hydrogen) atoms. The molecule has 118 valence electrons. The van der Waals surface area contributed by atoms with Gasteiger partial charge in [0.05, 0.1) is 51.8 Å². The van der Waals surface area contributed by atoms with E-state index in [0.29, 0.717) is 39.6 Å². The van der Waals surface area contributed by atoms with Crippen LogP contribution in [-0.4, -0.2) is 64.1 Å². The molecule has 2 unspecified atom stereocenters. The number of ether oxygens (including phenoxy) is 4. The van der Waals surface area contributed by atoms with E-state index in [9.17, 15) is 5.11 Å². The average molecular weight is 288 g/mol. The van der Waals surface area contributed by atoms with Gasteiger partial charge in [-0.3, -0.25) is 0 Å². The Hall–Kier alpha value is -0.460. The predicted molar refractivity (Wildman–Crippen MR) is 76.9 cm³/mol. The predicted octanol–water partition coefficient (Wildman–Crippen LogP) is 1.54. The summed E-state index contributed by atoms with van der Waals surface area (Å²) in [5.41, 5.74) is 0. The van der Waals surface area contributed by atoms with Crippen LogP contribution in [0.25, 0.3) is 0 Å². The monoisotopic (exact) mass is 288 g/mol. The normalized spacial score (nSPS) is 25.1. The Morgan fingerprint density at radius 1 is 0.900 bits per heavy atom. The van der Waals surface area contributed by atoms with Crippen LogP contribution < -0.4 is 0 Å². The highest BCUT2D eigenvalue weighted by Crippen LogP contribution is 2.16. The lowest BCUT2D eigenvalue weighted by atomic mass is 10.0. The van der Waals surface area contributed by atoms with Crippen LogP contribution in [0.2, 0.25) is 0 Å². The summed E-state index contributed by atoms with van der Waals surface area (Å²) in [4.78, 5) is 0. The zero-order valence-electron chi connectivity index (χ0n) is 12.5. The lowest BCUT2D eigenvalue weighted by Gasteiger charge is -2.24. The van der Waals surface area contributed by atoms with E-state index < -0.39 is 0 Å². The molecule has 0 aromatic rings. The van der Waals surface area contributed by atoms with Gasteiger partial charge in [0, 0.05) is 7.11 Å². The van der Waals surface area contributed by atoms with Crippen LogP contribution in [0.4, 0.5) is 0 Å². The van der Waals surface area contributed by atoms with Crippen molar-refractivity contribution in [2.24, 2.45) is 0 Å². The SMILES string of the molecule is COCCOCCOCCOC1CC/C=C\CCC1O. The Balaban J connectivity index is 1.95. The first-order valence-electron chi connectivity index (χ1n) is 7.43. The summed E-state index contributed by atoms with van der Waals surface area (Å²) in [5.74, 6) is 0. The summed E-state index contributed by atoms with van der Waals surface area (Å²) < 4.78 is 21.3. The van der Waals surface area contributed by atoms with Gasteiger partial charge < -0.3 is 24.1 Å². The van der Waals surface area contributed by atoms with E-state index in [1.165, 1.54) is 0 Å². The number of rotatable bonds is 10. The van der Waals surface area contributed by atoms with Crippen molar-refractivity contribution in [3.8, 4) is 0 Å². The van der Waals surface area contributed by atoms with Crippen LogP contribution in [0.1, 0.15) is 25.7 Å². The van der Waals surface area contributed by atoms with Crippen LogP contribution in [0.5, 0.6) is 0 Å². The molecule has 2 atom stereocenters. The maximum Gasteiger partial charge on any atom is 0.0838 e. The minimum absolute atomic E-state index is 0.0681. The molecule has 1 N–H and O–H groups in total. The third-order valence-electron chi connectivity index (χ3n) is 3.21. The molecule has 0 saturated carbocycles. The number of aliphatic hydroxyl groups excluding tert-OH is 1. The van der Waals surface area contributed by atoms with E-state index >= 15 is 0 Å². The number of methoxy groups -OCH3 is 1. The Kier molecular flexibility index (Phi) is 10.8. The largest absolute Gasteiger partial charge is 0.390 e. The molecule has 0 aromatic carbocycles. The highest BCUT2D eigenvalue weighted by atomic mass is 16.6. The van der Waals surface area contributed by atoms with Crippen molar-refractivity contribution >= 4 is 0 Å². The zero-order valence-corrected chi connectivity index (χ0v) is 12.5. The Morgan fingerprint density at radius 2 is 1.50 bits per heavy atom. The molecule has 1 rings (SSSR count). The molecule has 0 aliphatic heterocycles. The van der Waals surface area contributed by atoms with Gasteiger partial charge in [-0.25, -0.2) is 0 Å². The molecule has 0 radical (unpaired) electrons. The highest BCUT2D eigenvalue weighted by Gasteiger charge is 2.19. The smallest absolute Gasteiger partial charge is 0.0838 e. The summed E-state index contributed by atoms with van der Waals surface area (Å²) in [6.45, 7) is 3.38. The topological polar surface area (TPSA) is 57.2 Å². The van der Waals surface area contributed by atoms with Gasteiger partial charge in [0.25, 0.3) is 0 Å². The first kappa shape index (κ1) is 17.6.